The molecule has 1 N–H and O–H groups in total. The van der Waals surface area contributed by atoms with E-state index in [1.165, 1.54) is 12.0 Å². The number of rotatable bonds is 5. The van der Waals surface area contributed by atoms with E-state index in [0.29, 0.717) is 5.92 Å². The zero-order valence-corrected chi connectivity index (χ0v) is 13.8. The smallest absolute Gasteiger partial charge is 0.0916 e. The first-order chi connectivity index (χ1) is 9.90. The Morgan fingerprint density at radius 3 is 2.52 bits per heavy atom. The van der Waals surface area contributed by atoms with Gasteiger partial charge < -0.3 is 14.7 Å². The molecule has 2 unspecified atom stereocenters. The van der Waals surface area contributed by atoms with Gasteiger partial charge in [0.15, 0.2) is 0 Å². The lowest BCUT2D eigenvalue weighted by Crippen LogP contribution is -2.27. The Labute approximate surface area is 128 Å². The predicted molar refractivity (Wildman–Crippen MR) is 86.5 cm³/mol. The van der Waals surface area contributed by atoms with Crippen LogP contribution in [-0.2, 0) is 10.2 Å². The van der Waals surface area contributed by atoms with Gasteiger partial charge in [0, 0.05) is 20.2 Å². The average molecular weight is 291 g/mol. The molecule has 1 aromatic carbocycles. The number of hydrogen-bond acceptors (Lipinski definition) is 3. The molecule has 0 aliphatic carbocycles. The molecule has 21 heavy (non-hydrogen) atoms. The summed E-state index contributed by atoms with van der Waals surface area (Å²) in [6.07, 6.45) is 0.768. The number of aliphatic hydroxyl groups is 1. The summed E-state index contributed by atoms with van der Waals surface area (Å²) in [5.74, 6) is 0.616. The van der Waals surface area contributed by atoms with E-state index >= 15 is 0 Å². The number of ether oxygens (including phenoxy) is 1. The molecule has 0 amide bonds. The highest BCUT2D eigenvalue weighted by atomic mass is 16.5. The lowest BCUT2D eigenvalue weighted by Gasteiger charge is -2.22. The van der Waals surface area contributed by atoms with Gasteiger partial charge in [-0.05, 0) is 35.4 Å². The van der Waals surface area contributed by atoms with Crippen molar-refractivity contribution in [3.63, 3.8) is 0 Å². The third-order valence-electron chi connectivity index (χ3n) is 4.36. The molecular formula is C18H29NO2. The molecule has 0 radical (unpaired) electrons. The molecule has 0 saturated carbocycles. The van der Waals surface area contributed by atoms with Gasteiger partial charge in [-0.3, -0.25) is 0 Å². The normalized spacial score (nSPS) is 21.7. The Morgan fingerprint density at radius 2 is 1.95 bits per heavy atom. The summed E-state index contributed by atoms with van der Waals surface area (Å²) in [6.45, 7) is 10.3. The lowest BCUT2D eigenvalue weighted by molar-refractivity contribution is 0.115. The van der Waals surface area contributed by atoms with Crippen molar-refractivity contribution >= 4 is 0 Å². The topological polar surface area (TPSA) is 32.7 Å². The van der Waals surface area contributed by atoms with Crippen LogP contribution in [0, 0.1) is 5.92 Å². The number of benzene rings is 1. The molecule has 1 aromatic rings. The summed E-state index contributed by atoms with van der Waals surface area (Å²) < 4.78 is 5.22. The molecule has 2 rings (SSSR count). The summed E-state index contributed by atoms with van der Waals surface area (Å²) in [7, 11) is 1.76. The fraction of sp³-hybridized carbons (Fsp3) is 0.667. The Kier molecular flexibility index (Phi) is 5.42. The highest BCUT2D eigenvalue weighted by molar-refractivity contribution is 5.28. The second kappa shape index (κ2) is 6.91. The van der Waals surface area contributed by atoms with Crippen molar-refractivity contribution in [3.05, 3.63) is 35.4 Å². The van der Waals surface area contributed by atoms with Crippen LogP contribution in [-0.4, -0.2) is 43.4 Å². The second-order valence-electron chi connectivity index (χ2n) is 7.26. The first kappa shape index (κ1) is 16.5. The molecule has 2 atom stereocenters. The Morgan fingerprint density at radius 1 is 1.29 bits per heavy atom. The van der Waals surface area contributed by atoms with Crippen LogP contribution in [0.4, 0.5) is 0 Å². The largest absolute Gasteiger partial charge is 0.387 e. The fourth-order valence-electron chi connectivity index (χ4n) is 3.01. The van der Waals surface area contributed by atoms with Crippen molar-refractivity contribution in [2.24, 2.45) is 5.92 Å². The van der Waals surface area contributed by atoms with Gasteiger partial charge in [-0.1, -0.05) is 45.0 Å². The number of aliphatic hydroxyl groups excluding tert-OH is 1. The highest BCUT2D eigenvalue weighted by Crippen LogP contribution is 2.25. The fourth-order valence-corrected chi connectivity index (χ4v) is 3.01. The number of methoxy groups -OCH3 is 1. The van der Waals surface area contributed by atoms with Crippen LogP contribution in [0.25, 0.3) is 0 Å². The minimum atomic E-state index is -0.402. The summed E-state index contributed by atoms with van der Waals surface area (Å²) in [5, 5.41) is 10.4. The maximum atomic E-state index is 10.4. The Bertz CT molecular complexity index is 436. The molecule has 0 spiro atoms. The maximum absolute atomic E-state index is 10.4. The molecule has 0 bridgehead atoms. The van der Waals surface area contributed by atoms with Crippen molar-refractivity contribution in [2.45, 2.75) is 38.7 Å². The van der Waals surface area contributed by atoms with Gasteiger partial charge in [-0.15, -0.1) is 0 Å². The molecule has 1 aliphatic rings. The molecule has 1 fully saturated rings. The first-order valence-electron chi connectivity index (χ1n) is 7.90. The number of β-amino-alcohol motifs (C(OH)–C–C–N with tert-alkyl or cyclic N) is 1. The first-order valence-corrected chi connectivity index (χ1v) is 7.90. The standard InChI is InChI=1S/C18H29NO2/c1-18(2,3)16-7-5-15(6-8-16)17(20)12-19-10-9-14(11-19)13-21-4/h5-8,14,17,20H,9-13H2,1-4H3. The zero-order chi connectivity index (χ0) is 15.5. The molecule has 3 nitrogen and oxygen atoms in total. The minimum absolute atomic E-state index is 0.159. The summed E-state index contributed by atoms with van der Waals surface area (Å²) in [4.78, 5) is 2.34. The van der Waals surface area contributed by atoms with Gasteiger partial charge in [0.2, 0.25) is 0 Å². The molecule has 3 heteroatoms. The highest BCUT2D eigenvalue weighted by Gasteiger charge is 2.24. The van der Waals surface area contributed by atoms with Crippen molar-refractivity contribution in [3.8, 4) is 0 Å². The van der Waals surface area contributed by atoms with Gasteiger partial charge in [0.1, 0.15) is 0 Å². The minimum Gasteiger partial charge on any atom is -0.387 e. The van der Waals surface area contributed by atoms with Crippen LogP contribution in [0.5, 0.6) is 0 Å². The van der Waals surface area contributed by atoms with E-state index in [2.05, 4.69) is 49.9 Å². The van der Waals surface area contributed by atoms with Crippen LogP contribution >= 0.6 is 0 Å². The molecule has 0 aromatic heterocycles. The van der Waals surface area contributed by atoms with Crippen LogP contribution in [0.2, 0.25) is 0 Å². The van der Waals surface area contributed by atoms with E-state index in [0.717, 1.165) is 31.8 Å². The van der Waals surface area contributed by atoms with E-state index in [-0.39, 0.29) is 5.41 Å². The maximum Gasteiger partial charge on any atom is 0.0916 e. The molecule has 1 heterocycles. The van der Waals surface area contributed by atoms with Crippen molar-refractivity contribution in [1.82, 2.24) is 4.90 Å². The third kappa shape index (κ3) is 4.53. The van der Waals surface area contributed by atoms with Gasteiger partial charge in [-0.25, -0.2) is 0 Å². The summed E-state index contributed by atoms with van der Waals surface area (Å²) >= 11 is 0. The zero-order valence-electron chi connectivity index (χ0n) is 13.8. The van der Waals surface area contributed by atoms with Crippen molar-refractivity contribution in [2.75, 3.05) is 33.4 Å². The molecule has 1 saturated heterocycles. The van der Waals surface area contributed by atoms with Crippen LogP contribution in [0.3, 0.4) is 0 Å². The lowest BCUT2D eigenvalue weighted by atomic mass is 9.86. The molecular weight excluding hydrogens is 262 g/mol. The van der Waals surface area contributed by atoms with Gasteiger partial charge in [0.25, 0.3) is 0 Å². The number of hydrogen-bond donors (Lipinski definition) is 1. The molecule has 118 valence electrons. The SMILES string of the molecule is COCC1CCN(CC(O)c2ccc(C(C)(C)C)cc2)C1. The van der Waals surface area contributed by atoms with E-state index in [9.17, 15) is 5.11 Å². The number of likely N-dealkylation sites (tertiary alicyclic amines) is 1. The third-order valence-corrected chi connectivity index (χ3v) is 4.36. The summed E-state index contributed by atoms with van der Waals surface area (Å²) in [6, 6.07) is 8.40. The van der Waals surface area contributed by atoms with E-state index in [1.54, 1.807) is 7.11 Å². The number of nitrogens with zero attached hydrogens (tertiary/aromatic N) is 1. The molecule has 1 aliphatic heterocycles. The van der Waals surface area contributed by atoms with Gasteiger partial charge in [0.05, 0.1) is 12.7 Å². The second-order valence-corrected chi connectivity index (χ2v) is 7.26. The quantitative estimate of drug-likeness (QED) is 0.905. The van der Waals surface area contributed by atoms with Gasteiger partial charge in [-0.2, -0.15) is 0 Å². The monoisotopic (exact) mass is 291 g/mol. The average Bonchev–Trinajstić information content (AvgIpc) is 2.86. The van der Waals surface area contributed by atoms with E-state index in [1.807, 2.05) is 0 Å². The van der Waals surface area contributed by atoms with E-state index in [4.69, 9.17) is 4.74 Å². The van der Waals surface area contributed by atoms with Crippen molar-refractivity contribution < 1.29 is 9.84 Å². The van der Waals surface area contributed by atoms with Crippen LogP contribution in [0.1, 0.15) is 44.4 Å². The van der Waals surface area contributed by atoms with E-state index < -0.39 is 6.10 Å². The van der Waals surface area contributed by atoms with Gasteiger partial charge >= 0.3 is 0 Å². The van der Waals surface area contributed by atoms with Crippen LogP contribution in [0.15, 0.2) is 24.3 Å². The Balaban J connectivity index is 1.90. The Hall–Kier alpha value is -0.900. The van der Waals surface area contributed by atoms with Crippen LogP contribution < -0.4 is 0 Å². The van der Waals surface area contributed by atoms with Crippen molar-refractivity contribution in [1.29, 1.82) is 0 Å². The summed E-state index contributed by atoms with van der Waals surface area (Å²) in [5.41, 5.74) is 2.48. The predicted octanol–water partition coefficient (Wildman–Crippen LogP) is 2.99.